The van der Waals surface area contributed by atoms with Crippen LogP contribution >= 0.6 is 0 Å². The van der Waals surface area contributed by atoms with Crippen molar-refractivity contribution in [3.63, 3.8) is 0 Å². The average Bonchev–Trinajstić information content (AvgIpc) is 2.38. The summed E-state index contributed by atoms with van der Waals surface area (Å²) >= 11 is 0. The molecule has 2 aromatic rings. The molecule has 5 heteroatoms. The molecule has 0 aliphatic carbocycles. The van der Waals surface area contributed by atoms with E-state index in [4.69, 9.17) is 4.74 Å². The number of ether oxygens (including phenoxy) is 1. The molecule has 2 rings (SSSR count). The Morgan fingerprint density at radius 2 is 1.81 bits per heavy atom. The fraction of sp³-hybridized carbons (Fsp3) is 0.182. The lowest BCUT2D eigenvalue weighted by atomic mass is 10.2. The van der Waals surface area contributed by atoms with Crippen LogP contribution in [0.1, 0.15) is 0 Å². The third-order valence-electron chi connectivity index (χ3n) is 2.15. The van der Waals surface area contributed by atoms with Gasteiger partial charge in [-0.1, -0.05) is 0 Å². The first kappa shape index (κ1) is 10.4. The first-order chi connectivity index (χ1) is 7.86. The van der Waals surface area contributed by atoms with Crippen LogP contribution in [0.5, 0.6) is 5.75 Å². The largest absolute Gasteiger partial charge is 0.494 e. The zero-order valence-electron chi connectivity index (χ0n) is 9.14. The van der Waals surface area contributed by atoms with Gasteiger partial charge < -0.3 is 10.1 Å². The Bertz CT molecular complexity index is 441. The molecule has 0 radical (unpaired) electrons. The number of pyridine rings is 1. The van der Waals surface area contributed by atoms with Crippen LogP contribution in [0.4, 0.5) is 5.82 Å². The predicted molar refractivity (Wildman–Crippen MR) is 61.4 cm³/mol. The Morgan fingerprint density at radius 1 is 1.06 bits per heavy atom. The second-order valence-corrected chi connectivity index (χ2v) is 3.06. The summed E-state index contributed by atoms with van der Waals surface area (Å²) in [5, 5.41) is 2.98. The number of hydrogen-bond acceptors (Lipinski definition) is 5. The Balaban J connectivity index is 2.58. The molecule has 2 aromatic heterocycles. The van der Waals surface area contributed by atoms with Crippen LogP contribution in [0.3, 0.4) is 0 Å². The monoisotopic (exact) mass is 216 g/mol. The van der Waals surface area contributed by atoms with Gasteiger partial charge in [0.25, 0.3) is 0 Å². The molecule has 0 saturated carbocycles. The van der Waals surface area contributed by atoms with Gasteiger partial charge in [0.1, 0.15) is 17.1 Å². The van der Waals surface area contributed by atoms with Gasteiger partial charge in [0.05, 0.1) is 7.11 Å². The molecule has 0 aliphatic heterocycles. The van der Waals surface area contributed by atoms with E-state index >= 15 is 0 Å². The normalized spacial score (nSPS) is 9.88. The van der Waals surface area contributed by atoms with Crippen LogP contribution < -0.4 is 10.1 Å². The molecule has 0 amide bonds. The molecule has 0 spiro atoms. The van der Waals surface area contributed by atoms with Crippen LogP contribution in [0.25, 0.3) is 11.4 Å². The highest BCUT2D eigenvalue weighted by Crippen LogP contribution is 2.29. The van der Waals surface area contributed by atoms with Crippen LogP contribution in [0.2, 0.25) is 0 Å². The van der Waals surface area contributed by atoms with Crippen LogP contribution in [-0.4, -0.2) is 29.1 Å². The fourth-order valence-corrected chi connectivity index (χ4v) is 1.43. The highest BCUT2D eigenvalue weighted by Gasteiger charge is 2.12. The average molecular weight is 216 g/mol. The SMILES string of the molecule is CNc1nccnc1-c1ncccc1OC. The Hall–Kier alpha value is -2.17. The molecule has 0 atom stereocenters. The van der Waals surface area contributed by atoms with Crippen LogP contribution in [-0.2, 0) is 0 Å². The maximum atomic E-state index is 5.24. The van der Waals surface area contributed by atoms with Crippen molar-refractivity contribution in [2.75, 3.05) is 19.5 Å². The Labute approximate surface area is 93.5 Å². The van der Waals surface area contributed by atoms with Gasteiger partial charge in [-0.15, -0.1) is 0 Å². The minimum atomic E-state index is 0.680. The lowest BCUT2D eigenvalue weighted by Crippen LogP contribution is -2.00. The van der Waals surface area contributed by atoms with E-state index < -0.39 is 0 Å². The van der Waals surface area contributed by atoms with E-state index in [1.54, 1.807) is 32.7 Å². The van der Waals surface area contributed by atoms with E-state index in [1.165, 1.54) is 0 Å². The minimum Gasteiger partial charge on any atom is -0.494 e. The van der Waals surface area contributed by atoms with Crippen LogP contribution in [0, 0.1) is 0 Å². The van der Waals surface area contributed by atoms with E-state index in [9.17, 15) is 0 Å². The second-order valence-electron chi connectivity index (χ2n) is 3.06. The fourth-order valence-electron chi connectivity index (χ4n) is 1.43. The summed E-state index contributed by atoms with van der Waals surface area (Å²) < 4.78 is 5.24. The lowest BCUT2D eigenvalue weighted by molar-refractivity contribution is 0.414. The molecular weight excluding hydrogens is 204 g/mol. The quantitative estimate of drug-likeness (QED) is 0.844. The van der Waals surface area contributed by atoms with Crippen molar-refractivity contribution in [3.8, 4) is 17.1 Å². The molecule has 2 heterocycles. The summed E-state index contributed by atoms with van der Waals surface area (Å²) in [5.41, 5.74) is 1.37. The van der Waals surface area contributed by atoms with E-state index in [-0.39, 0.29) is 0 Å². The first-order valence-corrected chi connectivity index (χ1v) is 4.85. The summed E-state index contributed by atoms with van der Waals surface area (Å²) in [6, 6.07) is 3.66. The van der Waals surface area contributed by atoms with E-state index in [2.05, 4.69) is 20.3 Å². The summed E-state index contributed by atoms with van der Waals surface area (Å²) in [7, 11) is 3.40. The maximum Gasteiger partial charge on any atom is 0.154 e. The maximum absolute atomic E-state index is 5.24. The number of rotatable bonds is 3. The van der Waals surface area contributed by atoms with Gasteiger partial charge in [0, 0.05) is 25.6 Å². The lowest BCUT2D eigenvalue weighted by Gasteiger charge is -2.09. The standard InChI is InChI=1S/C11H12N4O/c1-12-11-10(14-6-7-15-11)9-8(16-2)4-3-5-13-9/h3-7H,1-2H3,(H,12,15). The summed E-state index contributed by atoms with van der Waals surface area (Å²) in [5.74, 6) is 1.36. The summed E-state index contributed by atoms with van der Waals surface area (Å²) in [6.07, 6.45) is 4.96. The van der Waals surface area contributed by atoms with Crippen molar-refractivity contribution < 1.29 is 4.74 Å². The van der Waals surface area contributed by atoms with Crippen molar-refractivity contribution in [2.45, 2.75) is 0 Å². The number of anilines is 1. The predicted octanol–water partition coefficient (Wildman–Crippen LogP) is 1.59. The smallest absolute Gasteiger partial charge is 0.154 e. The van der Waals surface area contributed by atoms with Crippen LogP contribution in [0.15, 0.2) is 30.7 Å². The number of nitrogens with zero attached hydrogens (tertiary/aromatic N) is 3. The van der Waals surface area contributed by atoms with E-state index in [0.29, 0.717) is 23.0 Å². The van der Waals surface area contributed by atoms with Gasteiger partial charge in [0.15, 0.2) is 5.82 Å². The molecule has 16 heavy (non-hydrogen) atoms. The molecule has 0 fully saturated rings. The zero-order chi connectivity index (χ0) is 11.4. The van der Waals surface area contributed by atoms with Gasteiger partial charge in [-0.25, -0.2) is 9.97 Å². The molecule has 82 valence electrons. The molecule has 0 unspecified atom stereocenters. The topological polar surface area (TPSA) is 59.9 Å². The van der Waals surface area contributed by atoms with Crippen molar-refractivity contribution in [2.24, 2.45) is 0 Å². The van der Waals surface area contributed by atoms with Crippen molar-refractivity contribution in [1.29, 1.82) is 0 Å². The number of hydrogen-bond donors (Lipinski definition) is 1. The Morgan fingerprint density at radius 3 is 2.56 bits per heavy atom. The van der Waals surface area contributed by atoms with Gasteiger partial charge in [-0.3, -0.25) is 4.98 Å². The molecule has 0 aliphatic rings. The third-order valence-corrected chi connectivity index (χ3v) is 2.15. The second kappa shape index (κ2) is 4.57. The molecule has 1 N–H and O–H groups in total. The Kier molecular flexibility index (Phi) is 2.95. The van der Waals surface area contributed by atoms with Gasteiger partial charge in [0.2, 0.25) is 0 Å². The molecule has 0 bridgehead atoms. The summed E-state index contributed by atoms with van der Waals surface area (Å²) in [4.78, 5) is 12.7. The molecule has 0 aromatic carbocycles. The first-order valence-electron chi connectivity index (χ1n) is 4.85. The highest BCUT2D eigenvalue weighted by atomic mass is 16.5. The third kappa shape index (κ3) is 1.79. The minimum absolute atomic E-state index is 0.680. The molecule has 0 saturated heterocycles. The zero-order valence-corrected chi connectivity index (χ0v) is 9.14. The van der Waals surface area contributed by atoms with Gasteiger partial charge >= 0.3 is 0 Å². The van der Waals surface area contributed by atoms with E-state index in [1.807, 2.05) is 12.1 Å². The number of nitrogens with one attached hydrogen (secondary N) is 1. The number of aromatic nitrogens is 3. The van der Waals surface area contributed by atoms with Crippen molar-refractivity contribution in [1.82, 2.24) is 15.0 Å². The van der Waals surface area contributed by atoms with Crippen molar-refractivity contribution >= 4 is 5.82 Å². The molecule has 5 nitrogen and oxygen atoms in total. The van der Waals surface area contributed by atoms with Crippen molar-refractivity contribution in [3.05, 3.63) is 30.7 Å². The van der Waals surface area contributed by atoms with E-state index in [0.717, 1.165) is 0 Å². The number of methoxy groups -OCH3 is 1. The van der Waals surface area contributed by atoms with Gasteiger partial charge in [-0.05, 0) is 12.1 Å². The molecular formula is C11H12N4O. The summed E-state index contributed by atoms with van der Waals surface area (Å²) in [6.45, 7) is 0. The van der Waals surface area contributed by atoms with Gasteiger partial charge in [-0.2, -0.15) is 0 Å². The highest BCUT2D eigenvalue weighted by molar-refractivity contribution is 5.72.